The fraction of sp³-hybridized carbons (Fsp3) is 0.278. The van der Waals surface area contributed by atoms with Crippen molar-refractivity contribution < 1.29 is 9.53 Å². The van der Waals surface area contributed by atoms with Gasteiger partial charge in [-0.05, 0) is 54.7 Å². The van der Waals surface area contributed by atoms with Gasteiger partial charge in [-0.2, -0.15) is 5.10 Å². The smallest absolute Gasteiger partial charge is 0.251 e. The number of aromatic nitrogens is 3. The van der Waals surface area contributed by atoms with Crippen molar-refractivity contribution in [1.29, 1.82) is 0 Å². The molecule has 2 aromatic heterocycles. The van der Waals surface area contributed by atoms with E-state index in [0.717, 1.165) is 23.5 Å². The lowest BCUT2D eigenvalue weighted by molar-refractivity contribution is 0.0949. The molecule has 0 saturated heterocycles. The summed E-state index contributed by atoms with van der Waals surface area (Å²) in [4.78, 5) is 13.6. The van der Waals surface area contributed by atoms with E-state index in [9.17, 15) is 4.79 Å². The Morgan fingerprint density at radius 2 is 2.27 bits per heavy atom. The molecule has 1 aliphatic carbocycles. The first kappa shape index (κ1) is 17.0. The van der Waals surface area contributed by atoms with E-state index in [0.29, 0.717) is 35.3 Å². The van der Waals surface area contributed by atoms with Crippen LogP contribution in [0.5, 0.6) is 5.75 Å². The van der Waals surface area contributed by atoms with Crippen molar-refractivity contribution in [3.8, 4) is 5.75 Å². The van der Waals surface area contributed by atoms with E-state index in [-0.39, 0.29) is 5.91 Å². The summed E-state index contributed by atoms with van der Waals surface area (Å²) >= 11 is 6.90. The molecule has 1 amide bonds. The van der Waals surface area contributed by atoms with Gasteiger partial charge in [-0.3, -0.25) is 14.5 Å². The molecule has 4 rings (SSSR count). The zero-order valence-electron chi connectivity index (χ0n) is 14.0. The number of hydrogen-bond donors (Lipinski definition) is 2. The number of amides is 1. The van der Waals surface area contributed by atoms with E-state index in [4.69, 9.17) is 17.0 Å². The van der Waals surface area contributed by atoms with Crippen molar-refractivity contribution in [2.24, 2.45) is 0 Å². The molecule has 0 bridgehead atoms. The minimum Gasteiger partial charge on any atom is -0.488 e. The number of carbonyl (C=O) groups excluding carboxylic acids is 1. The molecule has 1 fully saturated rings. The van der Waals surface area contributed by atoms with Crippen LogP contribution in [0.2, 0.25) is 0 Å². The average molecular weight is 387 g/mol. The molecule has 0 unspecified atom stereocenters. The van der Waals surface area contributed by atoms with Crippen LogP contribution in [0.25, 0.3) is 0 Å². The molecule has 2 N–H and O–H groups in total. The topological polar surface area (TPSA) is 71.9 Å². The number of hydrogen-bond acceptors (Lipinski definition) is 5. The molecular formula is C18H18N4O2S2. The summed E-state index contributed by atoms with van der Waals surface area (Å²) in [6.07, 6.45) is 2.22. The van der Waals surface area contributed by atoms with Gasteiger partial charge in [-0.15, -0.1) is 11.3 Å². The molecule has 0 aliphatic heterocycles. The van der Waals surface area contributed by atoms with Gasteiger partial charge in [-0.1, -0.05) is 12.1 Å². The Balaban J connectivity index is 1.38. The number of thiophene rings is 1. The number of ether oxygens (including phenoxy) is 1. The number of nitrogens with one attached hydrogen (secondary N) is 2. The minimum absolute atomic E-state index is 0.164. The first-order valence-corrected chi connectivity index (χ1v) is 9.69. The molecule has 1 aliphatic rings. The van der Waals surface area contributed by atoms with Crippen molar-refractivity contribution >= 4 is 29.5 Å². The van der Waals surface area contributed by atoms with E-state index < -0.39 is 0 Å². The third-order valence-electron chi connectivity index (χ3n) is 4.15. The zero-order valence-corrected chi connectivity index (χ0v) is 15.6. The summed E-state index contributed by atoms with van der Waals surface area (Å²) in [5.74, 6) is 1.27. The minimum atomic E-state index is -0.164. The SMILES string of the molecule is O=C(NCc1n[nH]c(=S)n1C1CC1)c1cccc(OCc2cccs2)c1. The molecule has 3 aromatic rings. The van der Waals surface area contributed by atoms with Crippen LogP contribution in [0.3, 0.4) is 0 Å². The lowest BCUT2D eigenvalue weighted by Crippen LogP contribution is -2.24. The quantitative estimate of drug-likeness (QED) is 0.605. The Morgan fingerprint density at radius 1 is 1.38 bits per heavy atom. The second-order valence-electron chi connectivity index (χ2n) is 6.12. The van der Waals surface area contributed by atoms with Crippen molar-refractivity contribution in [2.45, 2.75) is 32.0 Å². The number of nitrogens with zero attached hydrogens (tertiary/aromatic N) is 2. The van der Waals surface area contributed by atoms with Crippen LogP contribution in [0.4, 0.5) is 0 Å². The molecule has 0 spiro atoms. The molecule has 1 saturated carbocycles. The van der Waals surface area contributed by atoms with Gasteiger partial charge in [0.1, 0.15) is 12.4 Å². The summed E-state index contributed by atoms with van der Waals surface area (Å²) < 4.78 is 8.37. The maximum absolute atomic E-state index is 12.5. The second kappa shape index (κ2) is 7.43. The molecule has 2 heterocycles. The van der Waals surface area contributed by atoms with Crippen LogP contribution in [0, 0.1) is 4.77 Å². The van der Waals surface area contributed by atoms with Crippen LogP contribution in [-0.4, -0.2) is 20.7 Å². The lowest BCUT2D eigenvalue weighted by atomic mass is 10.2. The standard InChI is InChI=1S/C18H18N4O2S2/c23-17(19-10-16-20-21-18(25)22(16)13-6-7-13)12-3-1-4-14(9-12)24-11-15-5-2-8-26-15/h1-5,8-9,13H,6-7,10-11H2,(H,19,23)(H,21,25). The monoisotopic (exact) mass is 386 g/mol. The number of rotatable bonds is 7. The van der Waals surface area contributed by atoms with Crippen LogP contribution in [-0.2, 0) is 13.2 Å². The molecule has 6 nitrogen and oxygen atoms in total. The van der Waals surface area contributed by atoms with Gasteiger partial charge >= 0.3 is 0 Å². The van der Waals surface area contributed by atoms with Gasteiger partial charge in [0, 0.05) is 16.5 Å². The van der Waals surface area contributed by atoms with Gasteiger partial charge < -0.3 is 10.1 Å². The molecule has 0 atom stereocenters. The molecule has 8 heteroatoms. The highest BCUT2D eigenvalue weighted by molar-refractivity contribution is 7.71. The van der Waals surface area contributed by atoms with E-state index >= 15 is 0 Å². The Bertz CT molecular complexity index is 958. The maximum atomic E-state index is 12.5. The fourth-order valence-corrected chi connectivity index (χ4v) is 3.63. The van der Waals surface area contributed by atoms with Crippen LogP contribution in [0.1, 0.15) is 39.9 Å². The van der Waals surface area contributed by atoms with Gasteiger partial charge in [0.05, 0.1) is 6.54 Å². The van der Waals surface area contributed by atoms with Gasteiger partial charge in [0.25, 0.3) is 5.91 Å². The Hall–Kier alpha value is -2.45. The summed E-state index contributed by atoms with van der Waals surface area (Å²) in [5.41, 5.74) is 0.556. The Kier molecular flexibility index (Phi) is 4.85. The van der Waals surface area contributed by atoms with Crippen LogP contribution in [0.15, 0.2) is 41.8 Å². The molecule has 1 aromatic carbocycles. The summed E-state index contributed by atoms with van der Waals surface area (Å²) in [5, 5.41) is 12.0. The first-order chi connectivity index (χ1) is 12.7. The Labute approximate surface area is 159 Å². The third-order valence-corrected chi connectivity index (χ3v) is 5.29. The van der Waals surface area contributed by atoms with E-state index in [2.05, 4.69) is 15.5 Å². The summed E-state index contributed by atoms with van der Waals surface area (Å²) in [7, 11) is 0. The average Bonchev–Trinajstić information content (AvgIpc) is 3.21. The predicted octanol–water partition coefficient (Wildman–Crippen LogP) is 3.85. The molecule has 134 valence electrons. The van der Waals surface area contributed by atoms with E-state index in [1.54, 1.807) is 23.5 Å². The fourth-order valence-electron chi connectivity index (χ4n) is 2.71. The third kappa shape index (κ3) is 3.86. The van der Waals surface area contributed by atoms with Gasteiger partial charge in [0.15, 0.2) is 10.6 Å². The normalized spacial score (nSPS) is 13.5. The zero-order chi connectivity index (χ0) is 17.9. The second-order valence-corrected chi connectivity index (χ2v) is 7.54. The van der Waals surface area contributed by atoms with Gasteiger partial charge in [0.2, 0.25) is 0 Å². The van der Waals surface area contributed by atoms with E-state index in [1.165, 1.54) is 0 Å². The Morgan fingerprint density at radius 3 is 3.04 bits per heavy atom. The maximum Gasteiger partial charge on any atom is 0.251 e. The molecule has 26 heavy (non-hydrogen) atoms. The first-order valence-electron chi connectivity index (χ1n) is 8.40. The van der Waals surface area contributed by atoms with Crippen LogP contribution < -0.4 is 10.1 Å². The number of aromatic amines is 1. The predicted molar refractivity (Wildman–Crippen MR) is 102 cm³/mol. The van der Waals surface area contributed by atoms with Crippen molar-refractivity contribution in [3.05, 3.63) is 62.8 Å². The highest BCUT2D eigenvalue weighted by Gasteiger charge is 2.27. The highest BCUT2D eigenvalue weighted by atomic mass is 32.1. The summed E-state index contributed by atoms with van der Waals surface area (Å²) in [6, 6.07) is 11.6. The lowest BCUT2D eigenvalue weighted by Gasteiger charge is -2.09. The van der Waals surface area contributed by atoms with Crippen molar-refractivity contribution in [1.82, 2.24) is 20.1 Å². The number of H-pyrrole nitrogens is 1. The van der Waals surface area contributed by atoms with E-state index in [1.807, 2.05) is 34.2 Å². The van der Waals surface area contributed by atoms with Crippen molar-refractivity contribution in [3.63, 3.8) is 0 Å². The number of carbonyl (C=O) groups is 1. The van der Waals surface area contributed by atoms with Crippen LogP contribution >= 0.6 is 23.6 Å². The van der Waals surface area contributed by atoms with Crippen molar-refractivity contribution in [2.75, 3.05) is 0 Å². The van der Waals surface area contributed by atoms with Gasteiger partial charge in [-0.25, -0.2) is 0 Å². The molecular weight excluding hydrogens is 368 g/mol. The summed E-state index contributed by atoms with van der Waals surface area (Å²) in [6.45, 7) is 0.835. The highest BCUT2D eigenvalue weighted by Crippen LogP contribution is 2.35. The number of benzene rings is 1. The largest absolute Gasteiger partial charge is 0.488 e. The molecule has 0 radical (unpaired) electrons.